The molecule has 0 aliphatic carbocycles. The van der Waals surface area contributed by atoms with Crippen LogP contribution in [0.4, 0.5) is 0 Å². The Morgan fingerprint density at radius 3 is 2.30 bits per heavy atom. The molecule has 0 unspecified atom stereocenters. The van der Waals surface area contributed by atoms with Crippen molar-refractivity contribution in [1.82, 2.24) is 5.43 Å². The average molecular weight is 362 g/mol. The number of nitrogens with zero attached hydrogens (tertiary/aromatic N) is 1. The molecule has 0 saturated heterocycles. The Kier molecular flexibility index (Phi) is 5.17. The number of benzene rings is 2. The number of hydrogen-bond donors (Lipinski definition) is 2. The molecule has 0 aliphatic heterocycles. The molecule has 6 nitrogen and oxygen atoms in total. The van der Waals surface area contributed by atoms with E-state index in [2.05, 4.69) is 10.5 Å². The minimum atomic E-state index is -0.713. The van der Waals surface area contributed by atoms with Crippen LogP contribution in [-0.4, -0.2) is 16.7 Å². The number of carbonyl (C=O) groups is 1. The van der Waals surface area contributed by atoms with Crippen molar-refractivity contribution in [1.29, 1.82) is 0 Å². The minimum absolute atomic E-state index is 0.0830. The number of amides is 1. The lowest BCUT2D eigenvalue weighted by Gasteiger charge is -2.06. The highest BCUT2D eigenvalue weighted by Crippen LogP contribution is 2.19. The van der Waals surface area contributed by atoms with E-state index in [9.17, 15) is 14.7 Å². The Hall–Kier alpha value is -3.67. The summed E-state index contributed by atoms with van der Waals surface area (Å²) in [6, 6.07) is 18.2. The van der Waals surface area contributed by atoms with Crippen LogP contribution in [0.3, 0.4) is 0 Å². The van der Waals surface area contributed by atoms with E-state index < -0.39 is 11.5 Å². The van der Waals surface area contributed by atoms with Gasteiger partial charge in [0, 0.05) is 11.6 Å². The summed E-state index contributed by atoms with van der Waals surface area (Å²) in [5.74, 6) is -0.381. The molecule has 27 heavy (non-hydrogen) atoms. The maximum absolute atomic E-state index is 12.3. The lowest BCUT2D eigenvalue weighted by Crippen LogP contribution is -2.21. The fourth-order valence-electron chi connectivity index (χ4n) is 2.63. The van der Waals surface area contributed by atoms with E-state index in [0.717, 1.165) is 11.1 Å². The first-order valence-corrected chi connectivity index (χ1v) is 8.30. The molecule has 3 aromatic rings. The Morgan fingerprint density at radius 1 is 1.04 bits per heavy atom. The third-order valence-electron chi connectivity index (χ3n) is 4.00. The van der Waals surface area contributed by atoms with Crippen LogP contribution in [0.1, 0.15) is 28.6 Å². The van der Waals surface area contributed by atoms with Crippen LogP contribution in [0.15, 0.2) is 75.0 Å². The van der Waals surface area contributed by atoms with Crippen molar-refractivity contribution in [2.24, 2.45) is 5.10 Å². The number of aryl methyl sites for hydroxylation is 1. The Balaban J connectivity index is 1.76. The van der Waals surface area contributed by atoms with Crippen LogP contribution in [0.5, 0.6) is 5.75 Å². The molecular weight excluding hydrogens is 344 g/mol. The van der Waals surface area contributed by atoms with Crippen LogP contribution in [-0.2, 0) is 0 Å². The van der Waals surface area contributed by atoms with Gasteiger partial charge in [-0.2, -0.15) is 5.10 Å². The molecule has 2 N–H and O–H groups in total. The van der Waals surface area contributed by atoms with Crippen molar-refractivity contribution in [3.8, 4) is 16.9 Å². The van der Waals surface area contributed by atoms with Crippen LogP contribution in [0.2, 0.25) is 0 Å². The van der Waals surface area contributed by atoms with E-state index in [1.54, 1.807) is 19.1 Å². The zero-order valence-corrected chi connectivity index (χ0v) is 14.9. The second-order valence-electron chi connectivity index (χ2n) is 5.99. The summed E-state index contributed by atoms with van der Waals surface area (Å²) in [5, 5.41) is 13.8. The van der Waals surface area contributed by atoms with Gasteiger partial charge in [0.2, 0.25) is 0 Å². The second kappa shape index (κ2) is 7.70. The molecule has 2 aromatic carbocycles. The summed E-state index contributed by atoms with van der Waals surface area (Å²) in [6.07, 6.45) is 0. The molecule has 0 radical (unpaired) electrons. The lowest BCUT2D eigenvalue weighted by atomic mass is 10.0. The average Bonchev–Trinajstić information content (AvgIpc) is 2.66. The third kappa shape index (κ3) is 4.12. The van der Waals surface area contributed by atoms with Crippen molar-refractivity contribution < 1.29 is 14.3 Å². The van der Waals surface area contributed by atoms with Gasteiger partial charge in [-0.15, -0.1) is 0 Å². The van der Waals surface area contributed by atoms with E-state index >= 15 is 0 Å². The molecule has 6 heteroatoms. The molecule has 0 spiro atoms. The topological polar surface area (TPSA) is 91.9 Å². The van der Waals surface area contributed by atoms with E-state index in [1.807, 2.05) is 42.5 Å². The monoisotopic (exact) mass is 362 g/mol. The lowest BCUT2D eigenvalue weighted by molar-refractivity contribution is 0.0955. The molecule has 0 atom stereocenters. The summed E-state index contributed by atoms with van der Waals surface area (Å²) < 4.78 is 4.95. The van der Waals surface area contributed by atoms with Gasteiger partial charge in [0.1, 0.15) is 17.1 Å². The zero-order valence-electron chi connectivity index (χ0n) is 14.9. The predicted octanol–water partition coefficient (Wildman–Crippen LogP) is 3.47. The van der Waals surface area contributed by atoms with Crippen LogP contribution in [0, 0.1) is 6.92 Å². The van der Waals surface area contributed by atoms with Gasteiger partial charge in [0.15, 0.2) is 0 Å². The number of rotatable bonds is 4. The van der Waals surface area contributed by atoms with Crippen LogP contribution >= 0.6 is 0 Å². The van der Waals surface area contributed by atoms with Crippen molar-refractivity contribution in [2.45, 2.75) is 13.8 Å². The van der Waals surface area contributed by atoms with E-state index in [4.69, 9.17) is 4.42 Å². The number of carbonyl (C=O) groups excluding carboxylic acids is 1. The van der Waals surface area contributed by atoms with Gasteiger partial charge in [-0.05, 0) is 37.1 Å². The zero-order chi connectivity index (χ0) is 19.4. The quantitative estimate of drug-likeness (QED) is 0.549. The van der Waals surface area contributed by atoms with E-state index in [-0.39, 0.29) is 22.8 Å². The summed E-state index contributed by atoms with van der Waals surface area (Å²) in [7, 11) is 0. The number of hydrogen-bond acceptors (Lipinski definition) is 5. The third-order valence-corrected chi connectivity index (χ3v) is 4.00. The SMILES string of the molecule is C/C(=N/NC(=O)c1ccc(-c2ccccc2)cc1)c1c(O)cc(C)oc1=O. The summed E-state index contributed by atoms with van der Waals surface area (Å²) in [4.78, 5) is 24.1. The number of hydrazone groups is 1. The van der Waals surface area contributed by atoms with Gasteiger partial charge in [-0.25, -0.2) is 10.2 Å². The number of aromatic hydroxyl groups is 1. The predicted molar refractivity (Wildman–Crippen MR) is 103 cm³/mol. The molecule has 0 aliphatic rings. The van der Waals surface area contributed by atoms with Gasteiger partial charge in [0.25, 0.3) is 5.91 Å². The fraction of sp³-hybridized carbons (Fsp3) is 0.0952. The van der Waals surface area contributed by atoms with Gasteiger partial charge < -0.3 is 9.52 Å². The van der Waals surface area contributed by atoms with E-state index in [1.165, 1.54) is 13.0 Å². The molecular formula is C21H18N2O4. The Labute approximate surface area is 155 Å². The summed E-state index contributed by atoms with van der Waals surface area (Å²) in [5.41, 5.74) is 4.21. The van der Waals surface area contributed by atoms with Crippen molar-refractivity contribution >= 4 is 11.6 Å². The molecule has 0 fully saturated rings. The summed E-state index contributed by atoms with van der Waals surface area (Å²) >= 11 is 0. The van der Waals surface area contributed by atoms with Crippen molar-refractivity contribution in [2.75, 3.05) is 0 Å². The first-order valence-electron chi connectivity index (χ1n) is 8.30. The normalized spacial score (nSPS) is 11.3. The smallest absolute Gasteiger partial charge is 0.348 e. The molecule has 3 rings (SSSR count). The Bertz CT molecular complexity index is 1050. The largest absolute Gasteiger partial charge is 0.507 e. The molecule has 136 valence electrons. The van der Waals surface area contributed by atoms with E-state index in [0.29, 0.717) is 5.56 Å². The standard InChI is InChI=1S/C21H18N2O4/c1-13-12-18(24)19(21(26)27-13)14(2)22-23-20(25)17-10-8-16(9-11-17)15-6-4-3-5-7-15/h3-12,24H,1-2H3,(H,23,25)/b22-14-. The maximum atomic E-state index is 12.3. The van der Waals surface area contributed by atoms with Crippen molar-refractivity contribution in [3.63, 3.8) is 0 Å². The number of nitrogens with one attached hydrogen (secondary N) is 1. The molecule has 0 saturated carbocycles. The highest BCUT2D eigenvalue weighted by atomic mass is 16.4. The van der Waals surface area contributed by atoms with Gasteiger partial charge in [-0.1, -0.05) is 42.5 Å². The van der Waals surface area contributed by atoms with Crippen LogP contribution < -0.4 is 11.1 Å². The minimum Gasteiger partial charge on any atom is -0.507 e. The highest BCUT2D eigenvalue weighted by molar-refractivity contribution is 6.02. The Morgan fingerprint density at radius 2 is 1.67 bits per heavy atom. The maximum Gasteiger partial charge on any atom is 0.348 e. The second-order valence-corrected chi connectivity index (χ2v) is 5.99. The fourth-order valence-corrected chi connectivity index (χ4v) is 2.63. The molecule has 1 heterocycles. The first kappa shape index (κ1) is 18.1. The molecule has 1 amide bonds. The molecule has 1 aromatic heterocycles. The summed E-state index contributed by atoms with van der Waals surface area (Å²) in [6.45, 7) is 3.05. The van der Waals surface area contributed by atoms with Crippen LogP contribution in [0.25, 0.3) is 11.1 Å². The molecule has 0 bridgehead atoms. The highest BCUT2D eigenvalue weighted by Gasteiger charge is 2.13. The van der Waals surface area contributed by atoms with Gasteiger partial charge in [-0.3, -0.25) is 4.79 Å². The van der Waals surface area contributed by atoms with Gasteiger partial charge >= 0.3 is 5.63 Å². The van der Waals surface area contributed by atoms with Crippen molar-refractivity contribution in [3.05, 3.63) is 88.0 Å². The van der Waals surface area contributed by atoms with Gasteiger partial charge in [0.05, 0.1) is 5.71 Å². The first-order chi connectivity index (χ1) is 13.0.